The van der Waals surface area contributed by atoms with E-state index < -0.39 is 0 Å². The molecule has 0 saturated carbocycles. The highest BCUT2D eigenvalue weighted by atomic mass is 16.5. The van der Waals surface area contributed by atoms with Crippen molar-refractivity contribution in [1.29, 1.82) is 0 Å². The van der Waals surface area contributed by atoms with Crippen molar-refractivity contribution < 1.29 is 9.53 Å². The number of ether oxygens (including phenoxy) is 1. The van der Waals surface area contributed by atoms with E-state index in [1.165, 1.54) is 0 Å². The van der Waals surface area contributed by atoms with Crippen molar-refractivity contribution >= 4 is 5.91 Å². The number of H-pyrrole nitrogens is 1. The minimum atomic E-state index is -0.0134. The standard InChI is InChI=1S/C16H28N4O2/c1-12(2)14-10-15(18-17-14)16(21)20(8-7-19(3)4)11-13-6-5-9-22-13/h10,12-13H,5-9,11H2,1-4H3,(H,17,18)/t13-/m1/s1. The fraction of sp³-hybridized carbons (Fsp3) is 0.750. The van der Waals surface area contributed by atoms with Gasteiger partial charge in [-0.15, -0.1) is 0 Å². The minimum Gasteiger partial charge on any atom is -0.376 e. The molecule has 1 saturated heterocycles. The number of aromatic nitrogens is 2. The van der Waals surface area contributed by atoms with Gasteiger partial charge in [0.05, 0.1) is 6.10 Å². The molecule has 0 unspecified atom stereocenters. The molecule has 0 bridgehead atoms. The Balaban J connectivity index is 2.05. The third-order valence-electron chi connectivity index (χ3n) is 3.99. The van der Waals surface area contributed by atoms with Crippen LogP contribution < -0.4 is 0 Å². The lowest BCUT2D eigenvalue weighted by molar-refractivity contribution is 0.0507. The molecule has 1 N–H and O–H groups in total. The average Bonchev–Trinajstić information content (AvgIpc) is 3.13. The van der Waals surface area contributed by atoms with Gasteiger partial charge in [0.15, 0.2) is 0 Å². The summed E-state index contributed by atoms with van der Waals surface area (Å²) in [7, 11) is 4.03. The quantitative estimate of drug-likeness (QED) is 0.833. The second-order valence-electron chi connectivity index (χ2n) is 6.55. The van der Waals surface area contributed by atoms with Gasteiger partial charge in [0.2, 0.25) is 0 Å². The Hall–Kier alpha value is -1.40. The first-order valence-corrected chi connectivity index (χ1v) is 8.08. The van der Waals surface area contributed by atoms with Crippen LogP contribution in [-0.2, 0) is 4.74 Å². The van der Waals surface area contributed by atoms with Gasteiger partial charge in [0.25, 0.3) is 5.91 Å². The number of hydrogen-bond donors (Lipinski definition) is 1. The Morgan fingerprint density at radius 1 is 1.45 bits per heavy atom. The lowest BCUT2D eigenvalue weighted by atomic mass is 10.1. The Morgan fingerprint density at radius 3 is 2.77 bits per heavy atom. The summed E-state index contributed by atoms with van der Waals surface area (Å²) in [6, 6.07) is 1.87. The molecule has 1 aromatic rings. The predicted molar refractivity (Wildman–Crippen MR) is 86.1 cm³/mol. The molecule has 0 aliphatic carbocycles. The largest absolute Gasteiger partial charge is 0.376 e. The van der Waals surface area contributed by atoms with Crippen LogP contribution in [-0.4, -0.2) is 72.3 Å². The van der Waals surface area contributed by atoms with E-state index in [-0.39, 0.29) is 12.0 Å². The highest BCUT2D eigenvalue weighted by Gasteiger charge is 2.25. The van der Waals surface area contributed by atoms with Gasteiger partial charge < -0.3 is 14.5 Å². The van der Waals surface area contributed by atoms with Crippen LogP contribution in [0.4, 0.5) is 0 Å². The van der Waals surface area contributed by atoms with E-state index in [0.29, 0.717) is 24.7 Å². The van der Waals surface area contributed by atoms with E-state index in [4.69, 9.17) is 4.74 Å². The molecule has 2 rings (SSSR count). The van der Waals surface area contributed by atoms with Gasteiger partial charge >= 0.3 is 0 Å². The number of amides is 1. The second kappa shape index (κ2) is 7.74. The maximum atomic E-state index is 12.8. The minimum absolute atomic E-state index is 0.0134. The Labute approximate surface area is 132 Å². The number of hydrogen-bond acceptors (Lipinski definition) is 4. The van der Waals surface area contributed by atoms with Crippen LogP contribution in [0.15, 0.2) is 6.07 Å². The van der Waals surface area contributed by atoms with Crippen molar-refractivity contribution in [1.82, 2.24) is 20.0 Å². The Morgan fingerprint density at radius 2 is 2.23 bits per heavy atom. The zero-order chi connectivity index (χ0) is 16.1. The van der Waals surface area contributed by atoms with E-state index >= 15 is 0 Å². The molecule has 1 aliphatic heterocycles. The Bertz CT molecular complexity index is 478. The summed E-state index contributed by atoms with van der Waals surface area (Å²) >= 11 is 0. The third kappa shape index (κ3) is 4.55. The molecule has 6 nitrogen and oxygen atoms in total. The topological polar surface area (TPSA) is 61.5 Å². The summed E-state index contributed by atoms with van der Waals surface area (Å²) in [5.74, 6) is 0.322. The van der Waals surface area contributed by atoms with E-state index in [1.807, 2.05) is 25.1 Å². The number of nitrogens with one attached hydrogen (secondary N) is 1. The summed E-state index contributed by atoms with van der Waals surface area (Å²) < 4.78 is 5.68. The second-order valence-corrected chi connectivity index (χ2v) is 6.55. The smallest absolute Gasteiger partial charge is 0.274 e. The van der Waals surface area contributed by atoms with E-state index in [0.717, 1.165) is 31.7 Å². The van der Waals surface area contributed by atoms with Gasteiger partial charge in [0.1, 0.15) is 5.69 Å². The molecule has 1 aromatic heterocycles. The van der Waals surface area contributed by atoms with Crippen LogP contribution in [0.1, 0.15) is 48.8 Å². The lowest BCUT2D eigenvalue weighted by Crippen LogP contribution is -2.41. The normalized spacial score (nSPS) is 18.4. The van der Waals surface area contributed by atoms with Crippen molar-refractivity contribution in [3.8, 4) is 0 Å². The van der Waals surface area contributed by atoms with Gasteiger partial charge in [-0.05, 0) is 38.9 Å². The van der Waals surface area contributed by atoms with Crippen molar-refractivity contribution in [3.05, 3.63) is 17.5 Å². The molecule has 1 aliphatic rings. The van der Waals surface area contributed by atoms with E-state index in [1.54, 1.807) is 0 Å². The maximum Gasteiger partial charge on any atom is 0.274 e. The van der Waals surface area contributed by atoms with Crippen LogP contribution in [0.2, 0.25) is 0 Å². The maximum absolute atomic E-state index is 12.8. The molecule has 22 heavy (non-hydrogen) atoms. The molecular weight excluding hydrogens is 280 g/mol. The highest BCUT2D eigenvalue weighted by molar-refractivity contribution is 5.92. The number of nitrogens with zero attached hydrogens (tertiary/aromatic N) is 3. The van der Waals surface area contributed by atoms with Crippen LogP contribution in [0.3, 0.4) is 0 Å². The number of carbonyl (C=O) groups excluding carboxylic acids is 1. The molecule has 0 aromatic carbocycles. The first-order chi connectivity index (χ1) is 10.5. The van der Waals surface area contributed by atoms with Crippen molar-refractivity contribution in [2.45, 2.75) is 38.7 Å². The Kier molecular flexibility index (Phi) is 5.97. The van der Waals surface area contributed by atoms with Gasteiger partial charge in [-0.2, -0.15) is 5.10 Å². The van der Waals surface area contributed by atoms with Gasteiger partial charge in [-0.1, -0.05) is 13.8 Å². The molecule has 2 heterocycles. The van der Waals surface area contributed by atoms with Gasteiger partial charge in [0, 0.05) is 31.9 Å². The van der Waals surface area contributed by atoms with Gasteiger partial charge in [-0.3, -0.25) is 9.89 Å². The van der Waals surface area contributed by atoms with E-state index in [2.05, 4.69) is 28.9 Å². The fourth-order valence-electron chi connectivity index (χ4n) is 2.53. The zero-order valence-electron chi connectivity index (χ0n) is 14.1. The number of aromatic amines is 1. The number of rotatable bonds is 7. The molecular formula is C16H28N4O2. The molecule has 6 heteroatoms. The number of likely N-dealkylation sites (N-methyl/N-ethyl adjacent to an activating group) is 1. The van der Waals surface area contributed by atoms with Crippen molar-refractivity contribution in [3.63, 3.8) is 0 Å². The summed E-state index contributed by atoms with van der Waals surface area (Å²) in [4.78, 5) is 16.7. The molecule has 0 radical (unpaired) electrons. The highest BCUT2D eigenvalue weighted by Crippen LogP contribution is 2.16. The summed E-state index contributed by atoms with van der Waals surface area (Å²) in [6.45, 7) is 7.14. The van der Waals surface area contributed by atoms with Gasteiger partial charge in [-0.25, -0.2) is 0 Å². The lowest BCUT2D eigenvalue weighted by Gasteiger charge is -2.26. The molecule has 1 fully saturated rings. The first kappa shape index (κ1) is 17.0. The molecule has 1 atom stereocenters. The molecule has 0 spiro atoms. The SMILES string of the molecule is CC(C)c1cc(C(=O)N(CCN(C)C)C[C@H]2CCCO2)n[nH]1. The van der Waals surface area contributed by atoms with Crippen LogP contribution in [0.5, 0.6) is 0 Å². The first-order valence-electron chi connectivity index (χ1n) is 8.08. The fourth-order valence-corrected chi connectivity index (χ4v) is 2.53. The van der Waals surface area contributed by atoms with Crippen LogP contribution in [0, 0.1) is 0 Å². The van der Waals surface area contributed by atoms with E-state index in [9.17, 15) is 4.79 Å². The molecule has 124 valence electrons. The summed E-state index contributed by atoms with van der Waals surface area (Å²) in [5.41, 5.74) is 1.49. The third-order valence-corrected chi connectivity index (χ3v) is 3.99. The van der Waals surface area contributed by atoms with Crippen LogP contribution >= 0.6 is 0 Å². The summed E-state index contributed by atoms with van der Waals surface area (Å²) in [5, 5.41) is 7.15. The average molecular weight is 308 g/mol. The van der Waals surface area contributed by atoms with Crippen molar-refractivity contribution in [2.24, 2.45) is 0 Å². The van der Waals surface area contributed by atoms with Crippen LogP contribution in [0.25, 0.3) is 0 Å². The monoisotopic (exact) mass is 308 g/mol. The summed E-state index contributed by atoms with van der Waals surface area (Å²) in [6.07, 6.45) is 2.28. The predicted octanol–water partition coefficient (Wildman–Crippen LogP) is 1.72. The van der Waals surface area contributed by atoms with Crippen molar-refractivity contribution in [2.75, 3.05) is 40.3 Å². The number of carbonyl (C=O) groups is 1. The zero-order valence-corrected chi connectivity index (χ0v) is 14.1. The molecule has 1 amide bonds.